The van der Waals surface area contributed by atoms with Gasteiger partial charge in [0.2, 0.25) is 11.9 Å². The first-order valence-electron chi connectivity index (χ1n) is 6.19. The molecule has 18 heavy (non-hydrogen) atoms. The summed E-state index contributed by atoms with van der Waals surface area (Å²) in [7, 11) is 0. The van der Waals surface area contributed by atoms with E-state index >= 15 is 0 Å². The summed E-state index contributed by atoms with van der Waals surface area (Å²) in [6, 6.07) is 4.29. The molecule has 1 saturated carbocycles. The minimum Gasteiger partial charge on any atom is -0.368 e. The standard InChI is InChI=1S/C13H17N5/c1-7-5-10(15-13-16-12(14)17-18-13)6-8(2)11(7)9-3-4-9/h5-6,9H,3-4H2,1-2H3,(H4,14,15,16,17,18). The Morgan fingerprint density at radius 1 is 1.28 bits per heavy atom. The lowest BCUT2D eigenvalue weighted by Gasteiger charge is -2.12. The molecule has 5 heteroatoms. The Morgan fingerprint density at radius 3 is 2.44 bits per heavy atom. The van der Waals surface area contributed by atoms with E-state index in [1.165, 1.54) is 29.5 Å². The van der Waals surface area contributed by atoms with Crippen LogP contribution in [0.5, 0.6) is 0 Å². The predicted octanol–water partition coefficient (Wildman–Crippen LogP) is 2.62. The molecular formula is C13H17N5. The smallest absolute Gasteiger partial charge is 0.248 e. The number of rotatable bonds is 3. The number of aromatic amines is 1. The van der Waals surface area contributed by atoms with Crippen LogP contribution in [0.1, 0.15) is 35.4 Å². The molecule has 2 aromatic rings. The molecule has 0 spiro atoms. The van der Waals surface area contributed by atoms with E-state index in [0.717, 1.165) is 11.6 Å². The molecule has 5 nitrogen and oxygen atoms in total. The van der Waals surface area contributed by atoms with Crippen molar-refractivity contribution in [3.63, 3.8) is 0 Å². The van der Waals surface area contributed by atoms with Crippen molar-refractivity contribution < 1.29 is 0 Å². The molecule has 1 aromatic heterocycles. The molecule has 0 amide bonds. The summed E-state index contributed by atoms with van der Waals surface area (Å²) in [5.74, 6) is 1.60. The van der Waals surface area contributed by atoms with Gasteiger partial charge < -0.3 is 11.1 Å². The number of H-pyrrole nitrogens is 1. The highest BCUT2D eigenvalue weighted by atomic mass is 15.3. The van der Waals surface area contributed by atoms with Gasteiger partial charge in [-0.3, -0.25) is 0 Å². The first-order chi connectivity index (χ1) is 8.63. The van der Waals surface area contributed by atoms with E-state index in [9.17, 15) is 0 Å². The first kappa shape index (κ1) is 11.1. The molecule has 1 aliphatic carbocycles. The Labute approximate surface area is 106 Å². The lowest BCUT2D eigenvalue weighted by atomic mass is 9.98. The summed E-state index contributed by atoms with van der Waals surface area (Å²) < 4.78 is 0. The molecule has 1 heterocycles. The summed E-state index contributed by atoms with van der Waals surface area (Å²) in [6.45, 7) is 4.33. The van der Waals surface area contributed by atoms with E-state index in [1.54, 1.807) is 0 Å². The van der Waals surface area contributed by atoms with Crippen LogP contribution in [0, 0.1) is 13.8 Å². The van der Waals surface area contributed by atoms with Crippen molar-refractivity contribution in [3.8, 4) is 0 Å². The van der Waals surface area contributed by atoms with Gasteiger partial charge in [0.1, 0.15) is 0 Å². The first-order valence-corrected chi connectivity index (χ1v) is 6.19. The third kappa shape index (κ3) is 2.03. The van der Waals surface area contributed by atoms with Crippen molar-refractivity contribution in [2.45, 2.75) is 32.6 Å². The van der Waals surface area contributed by atoms with E-state index in [-0.39, 0.29) is 0 Å². The second-order valence-corrected chi connectivity index (χ2v) is 4.97. The molecule has 1 aliphatic rings. The van der Waals surface area contributed by atoms with Gasteiger partial charge in [-0.05, 0) is 61.4 Å². The summed E-state index contributed by atoms with van der Waals surface area (Å²) >= 11 is 0. The zero-order valence-electron chi connectivity index (χ0n) is 10.6. The van der Waals surface area contributed by atoms with E-state index in [2.05, 4.69) is 46.5 Å². The summed E-state index contributed by atoms with van der Waals surface area (Å²) in [6.07, 6.45) is 2.65. The van der Waals surface area contributed by atoms with Crippen molar-refractivity contribution in [3.05, 3.63) is 28.8 Å². The van der Waals surface area contributed by atoms with Crippen LogP contribution in [0.3, 0.4) is 0 Å². The van der Waals surface area contributed by atoms with Crippen LogP contribution in [0.25, 0.3) is 0 Å². The molecule has 0 unspecified atom stereocenters. The maximum atomic E-state index is 5.49. The minimum absolute atomic E-state index is 0.320. The zero-order valence-corrected chi connectivity index (χ0v) is 10.6. The highest BCUT2D eigenvalue weighted by Gasteiger charge is 2.26. The Hall–Kier alpha value is -2.04. The third-order valence-electron chi connectivity index (χ3n) is 3.34. The van der Waals surface area contributed by atoms with Gasteiger partial charge in [-0.2, -0.15) is 4.98 Å². The van der Waals surface area contributed by atoms with Gasteiger partial charge in [0.05, 0.1) is 0 Å². The van der Waals surface area contributed by atoms with Crippen molar-refractivity contribution in [2.75, 3.05) is 11.1 Å². The maximum Gasteiger partial charge on any atom is 0.248 e. The Morgan fingerprint density at radius 2 is 1.94 bits per heavy atom. The number of hydrogen-bond acceptors (Lipinski definition) is 4. The van der Waals surface area contributed by atoms with Crippen LogP contribution in [0.15, 0.2) is 12.1 Å². The fraction of sp³-hybridized carbons (Fsp3) is 0.385. The Kier molecular flexibility index (Phi) is 2.47. The van der Waals surface area contributed by atoms with Gasteiger partial charge in [0.15, 0.2) is 0 Å². The Balaban J connectivity index is 1.89. The average Bonchev–Trinajstić information content (AvgIpc) is 3.02. The van der Waals surface area contributed by atoms with Crippen LogP contribution < -0.4 is 11.1 Å². The van der Waals surface area contributed by atoms with Gasteiger partial charge >= 0.3 is 0 Å². The lowest BCUT2D eigenvalue weighted by Crippen LogP contribution is -1.97. The van der Waals surface area contributed by atoms with Gasteiger partial charge in [-0.25, -0.2) is 5.10 Å². The second-order valence-electron chi connectivity index (χ2n) is 4.97. The lowest BCUT2D eigenvalue weighted by molar-refractivity contribution is 1.07. The number of anilines is 3. The largest absolute Gasteiger partial charge is 0.368 e. The molecule has 94 valence electrons. The molecule has 0 aliphatic heterocycles. The molecule has 3 rings (SSSR count). The third-order valence-corrected chi connectivity index (χ3v) is 3.34. The fourth-order valence-corrected chi connectivity index (χ4v) is 2.52. The van der Waals surface area contributed by atoms with Crippen molar-refractivity contribution in [1.29, 1.82) is 0 Å². The molecule has 4 N–H and O–H groups in total. The van der Waals surface area contributed by atoms with E-state index in [1.807, 2.05) is 0 Å². The predicted molar refractivity (Wildman–Crippen MR) is 72.0 cm³/mol. The second kappa shape index (κ2) is 4.01. The number of nitrogen functional groups attached to an aromatic ring is 1. The maximum absolute atomic E-state index is 5.49. The van der Waals surface area contributed by atoms with Crippen LogP contribution >= 0.6 is 0 Å². The zero-order chi connectivity index (χ0) is 12.7. The number of aromatic nitrogens is 3. The van der Waals surface area contributed by atoms with Crippen LogP contribution in [0.2, 0.25) is 0 Å². The number of nitrogens with two attached hydrogens (primary N) is 1. The number of nitrogens with one attached hydrogen (secondary N) is 2. The van der Waals surface area contributed by atoms with Gasteiger partial charge in [0.25, 0.3) is 0 Å². The Bertz CT molecular complexity index is 560. The molecule has 0 radical (unpaired) electrons. The van der Waals surface area contributed by atoms with E-state index in [4.69, 9.17) is 5.73 Å². The summed E-state index contributed by atoms with van der Waals surface area (Å²) in [5.41, 5.74) is 10.7. The average molecular weight is 243 g/mol. The van der Waals surface area contributed by atoms with Gasteiger partial charge in [-0.15, -0.1) is 5.10 Å². The number of benzene rings is 1. The number of hydrogen-bond donors (Lipinski definition) is 3. The normalized spacial score (nSPS) is 14.8. The highest BCUT2D eigenvalue weighted by molar-refractivity contribution is 5.59. The van der Waals surface area contributed by atoms with Crippen LogP contribution in [-0.2, 0) is 0 Å². The topological polar surface area (TPSA) is 79.6 Å². The van der Waals surface area contributed by atoms with Crippen molar-refractivity contribution >= 4 is 17.6 Å². The molecule has 0 bridgehead atoms. The summed E-state index contributed by atoms with van der Waals surface area (Å²) in [5, 5.41) is 9.74. The van der Waals surface area contributed by atoms with E-state index in [0.29, 0.717) is 11.9 Å². The van der Waals surface area contributed by atoms with Crippen LogP contribution in [-0.4, -0.2) is 15.2 Å². The minimum atomic E-state index is 0.320. The van der Waals surface area contributed by atoms with Gasteiger partial charge in [0, 0.05) is 5.69 Å². The molecular weight excluding hydrogens is 226 g/mol. The molecule has 0 atom stereocenters. The van der Waals surface area contributed by atoms with Crippen molar-refractivity contribution in [2.24, 2.45) is 0 Å². The SMILES string of the molecule is Cc1cc(Nc2n[nH]c(N)n2)cc(C)c1C1CC1. The quantitative estimate of drug-likeness (QED) is 0.774. The van der Waals surface area contributed by atoms with Crippen molar-refractivity contribution in [1.82, 2.24) is 15.2 Å². The highest BCUT2D eigenvalue weighted by Crippen LogP contribution is 2.43. The summed E-state index contributed by atoms with van der Waals surface area (Å²) in [4.78, 5) is 4.04. The number of aryl methyl sites for hydroxylation is 2. The number of nitrogens with zero attached hydrogens (tertiary/aromatic N) is 2. The molecule has 0 saturated heterocycles. The van der Waals surface area contributed by atoms with E-state index < -0.39 is 0 Å². The monoisotopic (exact) mass is 243 g/mol. The van der Waals surface area contributed by atoms with Crippen LogP contribution in [0.4, 0.5) is 17.6 Å². The molecule has 1 aromatic carbocycles. The van der Waals surface area contributed by atoms with Gasteiger partial charge in [-0.1, -0.05) is 0 Å². The fourth-order valence-electron chi connectivity index (χ4n) is 2.52. The molecule has 1 fully saturated rings.